The standard InChI is InChI=1S/C23H32ClN3O4/c1-26(23(30)31-20-8-6-19(24)7-9-20)13-10-16-2-4-18(5-3-16)22(29)27-14-11-17(12-15-27)21(25)28/h6-9,16-18H,2-5,10-15H2,1H3,(H2,25,28). The number of carbonyl (C=O) groups excluding carboxylic acids is 3. The number of halogens is 1. The summed E-state index contributed by atoms with van der Waals surface area (Å²) in [5.74, 6) is 0.937. The topological polar surface area (TPSA) is 92.9 Å². The highest BCUT2D eigenvalue weighted by Gasteiger charge is 2.32. The van der Waals surface area contributed by atoms with Gasteiger partial charge in [-0.2, -0.15) is 0 Å². The van der Waals surface area contributed by atoms with E-state index in [4.69, 9.17) is 22.1 Å². The van der Waals surface area contributed by atoms with Gasteiger partial charge in [-0.15, -0.1) is 0 Å². The van der Waals surface area contributed by atoms with Crippen LogP contribution in [-0.4, -0.2) is 54.4 Å². The molecule has 7 nitrogen and oxygen atoms in total. The second kappa shape index (κ2) is 10.8. The summed E-state index contributed by atoms with van der Waals surface area (Å²) in [5.41, 5.74) is 5.38. The van der Waals surface area contributed by atoms with Gasteiger partial charge < -0.3 is 20.3 Å². The van der Waals surface area contributed by atoms with Crippen LogP contribution in [0.5, 0.6) is 5.75 Å². The van der Waals surface area contributed by atoms with Crippen molar-refractivity contribution >= 4 is 29.5 Å². The number of ether oxygens (including phenoxy) is 1. The highest BCUT2D eigenvalue weighted by atomic mass is 35.5. The third-order valence-corrected chi connectivity index (χ3v) is 6.86. The molecular weight excluding hydrogens is 418 g/mol. The minimum absolute atomic E-state index is 0.0778. The minimum Gasteiger partial charge on any atom is -0.410 e. The molecule has 1 aromatic rings. The molecule has 0 atom stereocenters. The number of amides is 3. The maximum absolute atomic E-state index is 12.8. The Balaban J connectivity index is 1.36. The Morgan fingerprint density at radius 3 is 2.23 bits per heavy atom. The normalized spacial score (nSPS) is 22.1. The highest BCUT2D eigenvalue weighted by Crippen LogP contribution is 2.33. The zero-order valence-electron chi connectivity index (χ0n) is 18.1. The number of carbonyl (C=O) groups is 3. The van der Waals surface area contributed by atoms with Gasteiger partial charge in [0.2, 0.25) is 11.8 Å². The van der Waals surface area contributed by atoms with E-state index >= 15 is 0 Å². The molecule has 0 unspecified atom stereocenters. The van der Waals surface area contributed by atoms with E-state index in [1.807, 2.05) is 4.90 Å². The van der Waals surface area contributed by atoms with Crippen molar-refractivity contribution in [3.8, 4) is 5.75 Å². The van der Waals surface area contributed by atoms with Crippen LogP contribution in [0.25, 0.3) is 0 Å². The van der Waals surface area contributed by atoms with Gasteiger partial charge in [-0.05, 0) is 75.1 Å². The van der Waals surface area contributed by atoms with Gasteiger partial charge in [0, 0.05) is 43.5 Å². The summed E-state index contributed by atoms with van der Waals surface area (Å²) in [7, 11) is 1.74. The van der Waals surface area contributed by atoms with E-state index in [-0.39, 0.29) is 29.7 Å². The van der Waals surface area contributed by atoms with Crippen LogP contribution in [0.3, 0.4) is 0 Å². The molecule has 2 aliphatic rings. The lowest BCUT2D eigenvalue weighted by atomic mass is 9.79. The molecule has 0 bridgehead atoms. The number of hydrogen-bond acceptors (Lipinski definition) is 4. The van der Waals surface area contributed by atoms with E-state index in [0.29, 0.717) is 49.2 Å². The molecule has 1 saturated heterocycles. The lowest BCUT2D eigenvalue weighted by molar-refractivity contribution is -0.139. The van der Waals surface area contributed by atoms with Crippen LogP contribution in [0.1, 0.15) is 44.9 Å². The fourth-order valence-corrected chi connectivity index (χ4v) is 4.62. The Bertz CT molecular complexity index is 770. The number of nitrogens with zero attached hydrogens (tertiary/aromatic N) is 2. The van der Waals surface area contributed by atoms with Crippen LogP contribution in [0.4, 0.5) is 4.79 Å². The highest BCUT2D eigenvalue weighted by molar-refractivity contribution is 6.30. The average Bonchev–Trinajstić information content (AvgIpc) is 2.79. The smallest absolute Gasteiger partial charge is 0.410 e. The van der Waals surface area contributed by atoms with Crippen LogP contribution >= 0.6 is 11.6 Å². The van der Waals surface area contributed by atoms with Crippen LogP contribution in [0.2, 0.25) is 5.02 Å². The Morgan fingerprint density at radius 1 is 1.03 bits per heavy atom. The average molecular weight is 450 g/mol. The Morgan fingerprint density at radius 2 is 1.65 bits per heavy atom. The van der Waals surface area contributed by atoms with E-state index in [1.54, 1.807) is 36.2 Å². The second-order valence-corrected chi connectivity index (χ2v) is 9.19. The van der Waals surface area contributed by atoms with Crippen molar-refractivity contribution in [2.45, 2.75) is 44.9 Å². The van der Waals surface area contributed by atoms with Crippen molar-refractivity contribution in [1.29, 1.82) is 0 Å². The van der Waals surface area contributed by atoms with Crippen LogP contribution in [-0.2, 0) is 9.59 Å². The van der Waals surface area contributed by atoms with Gasteiger partial charge in [0.15, 0.2) is 0 Å². The number of nitrogens with two attached hydrogens (primary N) is 1. The van der Waals surface area contributed by atoms with Crippen LogP contribution < -0.4 is 10.5 Å². The fourth-order valence-electron chi connectivity index (χ4n) is 4.49. The summed E-state index contributed by atoms with van der Waals surface area (Å²) < 4.78 is 5.36. The zero-order valence-corrected chi connectivity index (χ0v) is 18.9. The molecule has 1 saturated carbocycles. The second-order valence-electron chi connectivity index (χ2n) is 8.75. The molecule has 1 heterocycles. The molecule has 8 heteroatoms. The largest absolute Gasteiger partial charge is 0.414 e. The predicted molar refractivity (Wildman–Crippen MR) is 119 cm³/mol. The molecule has 31 heavy (non-hydrogen) atoms. The molecule has 1 aromatic carbocycles. The van der Waals surface area contributed by atoms with Crippen molar-refractivity contribution in [3.63, 3.8) is 0 Å². The van der Waals surface area contributed by atoms with Crippen molar-refractivity contribution in [1.82, 2.24) is 9.80 Å². The number of rotatable bonds is 6. The van der Waals surface area contributed by atoms with Gasteiger partial charge in [0.25, 0.3) is 0 Å². The molecule has 3 amide bonds. The first-order chi connectivity index (χ1) is 14.8. The first-order valence-electron chi connectivity index (χ1n) is 11.1. The first kappa shape index (κ1) is 23.4. The van der Waals surface area contributed by atoms with E-state index in [0.717, 1.165) is 32.1 Å². The maximum atomic E-state index is 12.8. The Labute approximate surface area is 188 Å². The SMILES string of the molecule is CN(CCC1CCC(C(=O)N2CCC(C(N)=O)CC2)CC1)C(=O)Oc1ccc(Cl)cc1. The van der Waals surface area contributed by atoms with Gasteiger partial charge in [-0.25, -0.2) is 4.79 Å². The zero-order chi connectivity index (χ0) is 22.4. The lowest BCUT2D eigenvalue weighted by Gasteiger charge is -2.35. The van der Waals surface area contributed by atoms with Gasteiger partial charge >= 0.3 is 6.09 Å². The van der Waals surface area contributed by atoms with E-state index in [9.17, 15) is 14.4 Å². The van der Waals surface area contributed by atoms with Crippen molar-refractivity contribution in [3.05, 3.63) is 29.3 Å². The number of primary amides is 1. The molecule has 2 fully saturated rings. The lowest BCUT2D eigenvalue weighted by Crippen LogP contribution is -2.44. The van der Waals surface area contributed by atoms with Gasteiger partial charge in [0.05, 0.1) is 0 Å². The quantitative estimate of drug-likeness (QED) is 0.716. The number of piperidine rings is 1. The third kappa shape index (κ3) is 6.60. The monoisotopic (exact) mass is 449 g/mol. The van der Waals surface area contributed by atoms with E-state index in [1.165, 1.54) is 0 Å². The molecule has 0 radical (unpaired) electrons. The first-order valence-corrected chi connectivity index (χ1v) is 11.5. The summed E-state index contributed by atoms with van der Waals surface area (Å²) in [6.45, 7) is 1.89. The summed E-state index contributed by atoms with van der Waals surface area (Å²) in [5, 5.41) is 0.595. The molecule has 1 aliphatic carbocycles. The van der Waals surface area contributed by atoms with Crippen LogP contribution in [0, 0.1) is 17.8 Å². The molecule has 1 aliphatic heterocycles. The van der Waals surface area contributed by atoms with E-state index < -0.39 is 0 Å². The van der Waals surface area contributed by atoms with Crippen molar-refractivity contribution in [2.75, 3.05) is 26.7 Å². The molecular formula is C23H32ClN3O4. The van der Waals surface area contributed by atoms with Gasteiger partial charge in [-0.1, -0.05) is 11.6 Å². The number of likely N-dealkylation sites (tertiary alicyclic amines) is 1. The van der Waals surface area contributed by atoms with Gasteiger partial charge in [0.1, 0.15) is 5.75 Å². The minimum atomic E-state index is -0.384. The number of benzene rings is 1. The van der Waals surface area contributed by atoms with Crippen molar-refractivity contribution < 1.29 is 19.1 Å². The Hall–Kier alpha value is -2.28. The molecule has 170 valence electrons. The summed E-state index contributed by atoms with van der Waals surface area (Å²) >= 11 is 5.85. The molecule has 0 spiro atoms. The molecule has 2 N–H and O–H groups in total. The maximum Gasteiger partial charge on any atom is 0.414 e. The molecule has 3 rings (SSSR count). The third-order valence-electron chi connectivity index (χ3n) is 6.61. The Kier molecular flexibility index (Phi) is 8.18. The predicted octanol–water partition coefficient (Wildman–Crippen LogP) is 3.69. The van der Waals surface area contributed by atoms with Crippen molar-refractivity contribution in [2.24, 2.45) is 23.5 Å². The fraction of sp³-hybridized carbons (Fsp3) is 0.609. The van der Waals surface area contributed by atoms with Gasteiger partial charge in [-0.3, -0.25) is 9.59 Å². The summed E-state index contributed by atoms with van der Waals surface area (Å²) in [4.78, 5) is 39.9. The number of hydrogen-bond donors (Lipinski definition) is 1. The summed E-state index contributed by atoms with van der Waals surface area (Å²) in [6, 6.07) is 6.71. The summed E-state index contributed by atoms with van der Waals surface area (Å²) in [6.07, 6.45) is 5.63. The molecule has 0 aromatic heterocycles. The van der Waals surface area contributed by atoms with E-state index in [2.05, 4.69) is 0 Å². The van der Waals surface area contributed by atoms with Crippen LogP contribution in [0.15, 0.2) is 24.3 Å².